The maximum absolute atomic E-state index is 12.2. The molecule has 5 nitrogen and oxygen atoms in total. The predicted molar refractivity (Wildman–Crippen MR) is 90.0 cm³/mol. The van der Waals surface area contributed by atoms with Crippen molar-refractivity contribution in [1.29, 1.82) is 0 Å². The first-order valence-corrected chi connectivity index (χ1v) is 7.40. The van der Waals surface area contributed by atoms with Crippen LogP contribution in [0.25, 0.3) is 5.82 Å². The Morgan fingerprint density at radius 2 is 1.91 bits per heavy atom. The van der Waals surface area contributed by atoms with Gasteiger partial charge in [0.05, 0.1) is 17.6 Å². The molecule has 2 aromatic heterocycles. The molecule has 0 aliphatic rings. The Balaban J connectivity index is 1.77. The standard InChI is InChI=1S/C18H18N4O/c1-12-5-4-6-15(9-12)18(23)20-16-7-8-17(19-11-16)22-14(3)10-13(2)21-22/h4-11H,1-3H3,(H,20,23). The van der Waals surface area contributed by atoms with Gasteiger partial charge in [-0.2, -0.15) is 5.10 Å². The van der Waals surface area contributed by atoms with E-state index in [1.807, 2.05) is 57.2 Å². The van der Waals surface area contributed by atoms with E-state index in [0.717, 1.165) is 22.8 Å². The molecule has 116 valence electrons. The molecule has 0 saturated heterocycles. The Hall–Kier alpha value is -2.95. The predicted octanol–water partition coefficient (Wildman–Crippen LogP) is 3.44. The summed E-state index contributed by atoms with van der Waals surface area (Å²) in [5.41, 5.74) is 4.30. The van der Waals surface area contributed by atoms with Crippen molar-refractivity contribution < 1.29 is 4.79 Å². The summed E-state index contributed by atoms with van der Waals surface area (Å²) < 4.78 is 1.78. The smallest absolute Gasteiger partial charge is 0.255 e. The van der Waals surface area contributed by atoms with E-state index in [9.17, 15) is 4.79 Å². The second-order valence-corrected chi connectivity index (χ2v) is 5.57. The van der Waals surface area contributed by atoms with Crippen LogP contribution < -0.4 is 5.32 Å². The SMILES string of the molecule is Cc1cccc(C(=O)Nc2ccc(-n3nc(C)cc3C)nc2)c1. The molecule has 0 spiro atoms. The van der Waals surface area contributed by atoms with Crippen LogP contribution in [0.2, 0.25) is 0 Å². The van der Waals surface area contributed by atoms with E-state index in [4.69, 9.17) is 0 Å². The molecule has 3 rings (SSSR count). The van der Waals surface area contributed by atoms with Gasteiger partial charge in [-0.25, -0.2) is 9.67 Å². The molecule has 3 aromatic rings. The topological polar surface area (TPSA) is 59.8 Å². The Bertz CT molecular complexity index is 850. The fraction of sp³-hybridized carbons (Fsp3) is 0.167. The third-order valence-corrected chi connectivity index (χ3v) is 3.51. The number of nitrogens with zero attached hydrogens (tertiary/aromatic N) is 3. The number of hydrogen-bond acceptors (Lipinski definition) is 3. The fourth-order valence-electron chi connectivity index (χ4n) is 2.44. The Morgan fingerprint density at radius 1 is 1.09 bits per heavy atom. The normalized spacial score (nSPS) is 10.6. The minimum Gasteiger partial charge on any atom is -0.321 e. The number of benzene rings is 1. The molecule has 23 heavy (non-hydrogen) atoms. The number of hydrogen-bond donors (Lipinski definition) is 1. The van der Waals surface area contributed by atoms with Gasteiger partial charge in [-0.05, 0) is 51.1 Å². The average molecular weight is 306 g/mol. The first kappa shape index (κ1) is 15.0. The van der Waals surface area contributed by atoms with Gasteiger partial charge in [0, 0.05) is 11.3 Å². The monoisotopic (exact) mass is 306 g/mol. The maximum atomic E-state index is 12.2. The van der Waals surface area contributed by atoms with Gasteiger partial charge in [0.2, 0.25) is 0 Å². The van der Waals surface area contributed by atoms with E-state index in [1.54, 1.807) is 16.9 Å². The first-order chi connectivity index (χ1) is 11.0. The summed E-state index contributed by atoms with van der Waals surface area (Å²) in [5.74, 6) is 0.582. The lowest BCUT2D eigenvalue weighted by Gasteiger charge is -2.07. The number of nitrogens with one attached hydrogen (secondary N) is 1. The summed E-state index contributed by atoms with van der Waals surface area (Å²) >= 11 is 0. The number of amides is 1. The minimum absolute atomic E-state index is 0.144. The van der Waals surface area contributed by atoms with Crippen molar-refractivity contribution in [3.8, 4) is 5.82 Å². The summed E-state index contributed by atoms with van der Waals surface area (Å²) in [5, 5.41) is 7.25. The quantitative estimate of drug-likeness (QED) is 0.806. The Labute approximate surface area is 135 Å². The summed E-state index contributed by atoms with van der Waals surface area (Å²) in [4.78, 5) is 16.6. The van der Waals surface area contributed by atoms with Crippen LogP contribution in [0.3, 0.4) is 0 Å². The van der Waals surface area contributed by atoms with Crippen LogP contribution in [-0.2, 0) is 0 Å². The molecule has 0 aliphatic heterocycles. The molecular weight excluding hydrogens is 288 g/mol. The second-order valence-electron chi connectivity index (χ2n) is 5.57. The van der Waals surface area contributed by atoms with Gasteiger partial charge in [0.15, 0.2) is 5.82 Å². The van der Waals surface area contributed by atoms with Crippen LogP contribution in [0, 0.1) is 20.8 Å². The van der Waals surface area contributed by atoms with E-state index in [2.05, 4.69) is 15.4 Å². The zero-order valence-corrected chi connectivity index (χ0v) is 13.4. The van der Waals surface area contributed by atoms with Crippen molar-refractivity contribution in [3.05, 3.63) is 71.2 Å². The Morgan fingerprint density at radius 3 is 2.52 bits per heavy atom. The lowest BCUT2D eigenvalue weighted by atomic mass is 10.1. The number of carbonyl (C=O) groups is 1. The largest absolute Gasteiger partial charge is 0.321 e. The van der Waals surface area contributed by atoms with Crippen molar-refractivity contribution in [2.75, 3.05) is 5.32 Å². The summed E-state index contributed by atoms with van der Waals surface area (Å²) in [6.07, 6.45) is 1.64. The highest BCUT2D eigenvalue weighted by atomic mass is 16.1. The molecule has 0 radical (unpaired) electrons. The van der Waals surface area contributed by atoms with E-state index < -0.39 is 0 Å². The van der Waals surface area contributed by atoms with Crippen LogP contribution in [0.15, 0.2) is 48.7 Å². The number of carbonyl (C=O) groups excluding carboxylic acids is 1. The van der Waals surface area contributed by atoms with Crippen LogP contribution in [-0.4, -0.2) is 20.7 Å². The molecule has 0 atom stereocenters. The van der Waals surface area contributed by atoms with Gasteiger partial charge in [0.1, 0.15) is 0 Å². The van der Waals surface area contributed by atoms with Gasteiger partial charge < -0.3 is 5.32 Å². The molecule has 0 fully saturated rings. The highest BCUT2D eigenvalue weighted by Gasteiger charge is 2.08. The van der Waals surface area contributed by atoms with E-state index >= 15 is 0 Å². The molecule has 5 heteroatoms. The van der Waals surface area contributed by atoms with Crippen molar-refractivity contribution in [1.82, 2.24) is 14.8 Å². The average Bonchev–Trinajstić information content (AvgIpc) is 2.86. The maximum Gasteiger partial charge on any atom is 0.255 e. The van der Waals surface area contributed by atoms with Crippen LogP contribution in [0.4, 0.5) is 5.69 Å². The number of aryl methyl sites for hydroxylation is 3. The second kappa shape index (κ2) is 6.04. The van der Waals surface area contributed by atoms with Crippen molar-refractivity contribution >= 4 is 11.6 Å². The van der Waals surface area contributed by atoms with E-state index in [1.165, 1.54) is 0 Å². The van der Waals surface area contributed by atoms with Crippen molar-refractivity contribution in [3.63, 3.8) is 0 Å². The highest BCUT2D eigenvalue weighted by Crippen LogP contribution is 2.14. The Kier molecular flexibility index (Phi) is 3.93. The molecule has 1 aromatic carbocycles. The molecule has 1 amide bonds. The lowest BCUT2D eigenvalue weighted by molar-refractivity contribution is 0.102. The van der Waals surface area contributed by atoms with Crippen LogP contribution in [0.5, 0.6) is 0 Å². The lowest BCUT2D eigenvalue weighted by Crippen LogP contribution is -2.12. The molecule has 0 saturated carbocycles. The third kappa shape index (κ3) is 3.29. The van der Waals surface area contributed by atoms with Crippen molar-refractivity contribution in [2.45, 2.75) is 20.8 Å². The zero-order chi connectivity index (χ0) is 16.4. The van der Waals surface area contributed by atoms with Gasteiger partial charge in [-0.1, -0.05) is 17.7 Å². The first-order valence-electron chi connectivity index (χ1n) is 7.40. The van der Waals surface area contributed by atoms with Gasteiger partial charge >= 0.3 is 0 Å². The summed E-state index contributed by atoms with van der Waals surface area (Å²) in [7, 11) is 0. The number of anilines is 1. The molecule has 2 heterocycles. The van der Waals surface area contributed by atoms with Gasteiger partial charge in [-0.15, -0.1) is 0 Å². The summed E-state index contributed by atoms with van der Waals surface area (Å²) in [6, 6.07) is 13.1. The zero-order valence-electron chi connectivity index (χ0n) is 13.4. The third-order valence-electron chi connectivity index (χ3n) is 3.51. The van der Waals surface area contributed by atoms with Crippen LogP contribution in [0.1, 0.15) is 27.3 Å². The molecule has 0 aliphatic carbocycles. The number of pyridine rings is 1. The molecule has 0 unspecified atom stereocenters. The van der Waals surface area contributed by atoms with Gasteiger partial charge in [0.25, 0.3) is 5.91 Å². The van der Waals surface area contributed by atoms with Crippen molar-refractivity contribution in [2.24, 2.45) is 0 Å². The number of rotatable bonds is 3. The minimum atomic E-state index is -0.144. The van der Waals surface area contributed by atoms with Gasteiger partial charge in [-0.3, -0.25) is 4.79 Å². The van der Waals surface area contributed by atoms with E-state index in [-0.39, 0.29) is 5.91 Å². The molecular formula is C18H18N4O. The number of aromatic nitrogens is 3. The van der Waals surface area contributed by atoms with Crippen LogP contribution >= 0.6 is 0 Å². The molecule has 1 N–H and O–H groups in total. The van der Waals surface area contributed by atoms with E-state index in [0.29, 0.717) is 11.3 Å². The molecule has 0 bridgehead atoms. The fourth-order valence-corrected chi connectivity index (χ4v) is 2.44. The highest BCUT2D eigenvalue weighted by molar-refractivity contribution is 6.04. The summed E-state index contributed by atoms with van der Waals surface area (Å²) in [6.45, 7) is 5.89.